The molecule has 1 atom stereocenters. The zero-order chi connectivity index (χ0) is 13.2. The number of aromatic nitrogens is 2. The molecule has 0 radical (unpaired) electrons. The summed E-state index contributed by atoms with van der Waals surface area (Å²) in [6.45, 7) is 2.51. The quantitative estimate of drug-likeness (QED) is 0.908. The minimum Gasteiger partial charge on any atom is -0.350 e. The fourth-order valence-corrected chi connectivity index (χ4v) is 2.36. The first kappa shape index (κ1) is 11.8. The summed E-state index contributed by atoms with van der Waals surface area (Å²) in [5.74, 6) is 0.274. The molecule has 0 fully saturated rings. The van der Waals surface area contributed by atoms with E-state index in [9.17, 15) is 4.79 Å². The van der Waals surface area contributed by atoms with Crippen LogP contribution in [-0.4, -0.2) is 22.4 Å². The fourth-order valence-electron chi connectivity index (χ4n) is 2.36. The Morgan fingerprint density at radius 2 is 2.16 bits per heavy atom. The Labute approximate surface area is 111 Å². The molecule has 3 rings (SSSR count). The molecule has 0 saturated heterocycles. The predicted octanol–water partition coefficient (Wildman–Crippen LogP) is 1.85. The summed E-state index contributed by atoms with van der Waals surface area (Å²) in [6.07, 6.45) is 4.16. The average molecular weight is 253 g/mol. The third-order valence-electron chi connectivity index (χ3n) is 3.48. The van der Waals surface area contributed by atoms with E-state index in [0.29, 0.717) is 18.2 Å². The average Bonchev–Trinajstić information content (AvgIpc) is 2.40. The van der Waals surface area contributed by atoms with Crippen LogP contribution in [0.25, 0.3) is 0 Å². The molecule has 4 heteroatoms. The number of aryl methyl sites for hydroxylation is 1. The molecule has 1 amide bonds. The van der Waals surface area contributed by atoms with E-state index in [1.807, 2.05) is 13.0 Å². The summed E-state index contributed by atoms with van der Waals surface area (Å²) in [4.78, 5) is 20.0. The predicted molar refractivity (Wildman–Crippen MR) is 72.0 cm³/mol. The van der Waals surface area contributed by atoms with Gasteiger partial charge in [0.1, 0.15) is 5.69 Å². The second kappa shape index (κ2) is 4.80. The molecule has 1 aliphatic rings. The van der Waals surface area contributed by atoms with Gasteiger partial charge in [-0.1, -0.05) is 24.3 Å². The molecule has 1 aromatic carbocycles. The van der Waals surface area contributed by atoms with Crippen LogP contribution in [0.1, 0.15) is 33.2 Å². The number of nitrogens with zero attached hydrogens (tertiary/aromatic N) is 2. The molecule has 96 valence electrons. The molecule has 4 nitrogen and oxygen atoms in total. The number of carbonyl (C=O) groups is 1. The number of fused-ring (bicyclic) bond motifs is 1. The van der Waals surface area contributed by atoms with Crippen LogP contribution in [0.3, 0.4) is 0 Å². The smallest absolute Gasteiger partial charge is 0.271 e. The van der Waals surface area contributed by atoms with Gasteiger partial charge in [0, 0.05) is 18.7 Å². The summed E-state index contributed by atoms with van der Waals surface area (Å²) in [6, 6.07) is 8.36. The summed E-state index contributed by atoms with van der Waals surface area (Å²) < 4.78 is 0. The van der Waals surface area contributed by atoms with Crippen molar-refractivity contribution in [3.05, 3.63) is 59.2 Å². The molecule has 0 aliphatic heterocycles. The van der Waals surface area contributed by atoms with Crippen molar-refractivity contribution in [2.45, 2.75) is 19.3 Å². The Balaban J connectivity index is 1.59. The Bertz CT molecular complexity index is 607. The number of rotatable bonds is 3. The van der Waals surface area contributed by atoms with Gasteiger partial charge in [-0.15, -0.1) is 0 Å². The third kappa shape index (κ3) is 2.34. The van der Waals surface area contributed by atoms with Crippen LogP contribution in [-0.2, 0) is 6.42 Å². The standard InChI is InChI=1S/C15H15N3O/c1-10-7-17-14(9-16-10)15(19)18-8-12-6-11-4-2-3-5-13(11)12/h2-5,7,9,12H,6,8H2,1H3,(H,18,19)/t12-/m0/s1. The minimum absolute atomic E-state index is 0.156. The Morgan fingerprint density at radius 1 is 1.32 bits per heavy atom. The van der Waals surface area contributed by atoms with E-state index < -0.39 is 0 Å². The number of carbonyl (C=O) groups excluding carboxylic acids is 1. The minimum atomic E-state index is -0.156. The van der Waals surface area contributed by atoms with Gasteiger partial charge in [0.2, 0.25) is 0 Å². The van der Waals surface area contributed by atoms with Crippen LogP contribution < -0.4 is 5.32 Å². The summed E-state index contributed by atoms with van der Waals surface area (Å²) in [7, 11) is 0. The number of hydrogen-bond acceptors (Lipinski definition) is 3. The van der Waals surface area contributed by atoms with E-state index in [1.165, 1.54) is 17.3 Å². The van der Waals surface area contributed by atoms with Crippen LogP contribution in [0.4, 0.5) is 0 Å². The first-order valence-corrected chi connectivity index (χ1v) is 6.38. The zero-order valence-corrected chi connectivity index (χ0v) is 10.8. The SMILES string of the molecule is Cc1cnc(C(=O)NC[C@@H]2Cc3ccccc32)cn1. The Kier molecular flexibility index (Phi) is 2.99. The van der Waals surface area contributed by atoms with E-state index in [0.717, 1.165) is 12.1 Å². The lowest BCUT2D eigenvalue weighted by atomic mass is 9.77. The monoisotopic (exact) mass is 253 g/mol. The van der Waals surface area contributed by atoms with Gasteiger partial charge in [0.15, 0.2) is 0 Å². The second-order valence-corrected chi connectivity index (χ2v) is 4.85. The van der Waals surface area contributed by atoms with Crippen molar-refractivity contribution >= 4 is 5.91 Å². The highest BCUT2D eigenvalue weighted by molar-refractivity contribution is 5.91. The van der Waals surface area contributed by atoms with Gasteiger partial charge in [0.25, 0.3) is 5.91 Å². The number of hydrogen-bond donors (Lipinski definition) is 1. The fraction of sp³-hybridized carbons (Fsp3) is 0.267. The molecule has 1 aromatic heterocycles. The first-order valence-electron chi connectivity index (χ1n) is 6.38. The molecule has 0 saturated carbocycles. The lowest BCUT2D eigenvalue weighted by Gasteiger charge is -2.30. The van der Waals surface area contributed by atoms with E-state index >= 15 is 0 Å². The van der Waals surface area contributed by atoms with E-state index in [4.69, 9.17) is 0 Å². The molecule has 1 aliphatic carbocycles. The van der Waals surface area contributed by atoms with Gasteiger partial charge < -0.3 is 5.32 Å². The van der Waals surface area contributed by atoms with Crippen molar-refractivity contribution in [1.29, 1.82) is 0 Å². The molecule has 1 N–H and O–H groups in total. The van der Waals surface area contributed by atoms with Crippen LogP contribution in [0, 0.1) is 6.92 Å². The first-order chi connectivity index (χ1) is 9.24. The lowest BCUT2D eigenvalue weighted by Crippen LogP contribution is -2.33. The highest BCUT2D eigenvalue weighted by Crippen LogP contribution is 2.33. The molecule has 0 unspecified atom stereocenters. The van der Waals surface area contributed by atoms with Gasteiger partial charge in [-0.3, -0.25) is 9.78 Å². The highest BCUT2D eigenvalue weighted by atomic mass is 16.1. The van der Waals surface area contributed by atoms with Crippen molar-refractivity contribution in [1.82, 2.24) is 15.3 Å². The van der Waals surface area contributed by atoms with Gasteiger partial charge in [0.05, 0.1) is 11.9 Å². The normalized spacial score (nSPS) is 16.4. The lowest BCUT2D eigenvalue weighted by molar-refractivity contribution is 0.0944. The maximum Gasteiger partial charge on any atom is 0.271 e. The van der Waals surface area contributed by atoms with E-state index in [2.05, 4.69) is 33.5 Å². The van der Waals surface area contributed by atoms with Crippen molar-refractivity contribution in [2.24, 2.45) is 0 Å². The van der Waals surface area contributed by atoms with Crippen molar-refractivity contribution < 1.29 is 4.79 Å². The van der Waals surface area contributed by atoms with Crippen LogP contribution >= 0.6 is 0 Å². The van der Waals surface area contributed by atoms with Crippen LogP contribution in [0.5, 0.6) is 0 Å². The molecule has 1 heterocycles. The summed E-state index contributed by atoms with van der Waals surface area (Å²) >= 11 is 0. The van der Waals surface area contributed by atoms with Crippen molar-refractivity contribution in [3.63, 3.8) is 0 Å². The second-order valence-electron chi connectivity index (χ2n) is 4.85. The van der Waals surface area contributed by atoms with Crippen molar-refractivity contribution in [3.8, 4) is 0 Å². The van der Waals surface area contributed by atoms with Crippen molar-refractivity contribution in [2.75, 3.05) is 6.54 Å². The highest BCUT2D eigenvalue weighted by Gasteiger charge is 2.25. The third-order valence-corrected chi connectivity index (χ3v) is 3.48. The molecule has 0 spiro atoms. The number of benzene rings is 1. The number of nitrogens with one attached hydrogen (secondary N) is 1. The maximum absolute atomic E-state index is 11.9. The summed E-state index contributed by atoms with van der Waals surface area (Å²) in [5, 5.41) is 2.92. The Hall–Kier alpha value is -2.23. The molecule has 19 heavy (non-hydrogen) atoms. The van der Waals surface area contributed by atoms with E-state index in [1.54, 1.807) is 6.20 Å². The largest absolute Gasteiger partial charge is 0.350 e. The molecular formula is C15H15N3O. The molecular weight excluding hydrogens is 238 g/mol. The topological polar surface area (TPSA) is 54.9 Å². The maximum atomic E-state index is 11.9. The van der Waals surface area contributed by atoms with Gasteiger partial charge in [-0.25, -0.2) is 4.98 Å². The summed E-state index contributed by atoms with van der Waals surface area (Å²) in [5.41, 5.74) is 3.91. The van der Waals surface area contributed by atoms with Gasteiger partial charge in [-0.2, -0.15) is 0 Å². The van der Waals surface area contributed by atoms with Crippen LogP contribution in [0.15, 0.2) is 36.7 Å². The Morgan fingerprint density at radius 3 is 2.89 bits per heavy atom. The van der Waals surface area contributed by atoms with Gasteiger partial charge >= 0.3 is 0 Å². The van der Waals surface area contributed by atoms with Crippen LogP contribution in [0.2, 0.25) is 0 Å². The number of amides is 1. The molecule has 2 aromatic rings. The van der Waals surface area contributed by atoms with Gasteiger partial charge in [-0.05, 0) is 24.5 Å². The van der Waals surface area contributed by atoms with E-state index in [-0.39, 0.29) is 5.91 Å². The molecule has 0 bridgehead atoms. The zero-order valence-electron chi connectivity index (χ0n) is 10.8.